The van der Waals surface area contributed by atoms with Gasteiger partial charge in [0.15, 0.2) is 0 Å². The highest BCUT2D eigenvalue weighted by Gasteiger charge is 2.40. The van der Waals surface area contributed by atoms with Crippen LogP contribution in [0.2, 0.25) is 0 Å². The van der Waals surface area contributed by atoms with Crippen molar-refractivity contribution in [1.29, 1.82) is 0 Å². The first kappa shape index (κ1) is 13.3. The average molecular weight is 240 g/mol. The summed E-state index contributed by atoms with van der Waals surface area (Å²) in [5.41, 5.74) is 6.64. The lowest BCUT2D eigenvalue weighted by Crippen LogP contribution is -2.48. The van der Waals surface area contributed by atoms with Crippen LogP contribution in [0.3, 0.4) is 0 Å². The predicted molar refractivity (Wildman–Crippen MR) is 70.7 cm³/mol. The van der Waals surface area contributed by atoms with E-state index in [4.69, 9.17) is 5.73 Å². The van der Waals surface area contributed by atoms with Crippen molar-refractivity contribution in [2.45, 2.75) is 52.2 Å². The van der Waals surface area contributed by atoms with E-state index in [9.17, 15) is 5.11 Å². The molecule has 2 rings (SSSR count). The first-order chi connectivity index (χ1) is 7.90. The Morgan fingerprint density at radius 1 is 1.35 bits per heavy atom. The average Bonchev–Trinajstić information content (AvgIpc) is 2.51. The maximum atomic E-state index is 9.92. The second kappa shape index (κ2) is 4.87. The molecule has 0 radical (unpaired) electrons. The molecular formula is C14H28N2O. The molecule has 0 amide bonds. The molecule has 0 aromatic carbocycles. The zero-order valence-electron chi connectivity index (χ0n) is 11.5. The number of hydrogen-bond donors (Lipinski definition) is 2. The molecule has 0 spiro atoms. The first-order valence-corrected chi connectivity index (χ1v) is 7.06. The number of hydrogen-bond acceptors (Lipinski definition) is 3. The maximum Gasteiger partial charge on any atom is 0.0693 e. The van der Waals surface area contributed by atoms with E-state index in [1.807, 2.05) is 0 Å². The quantitative estimate of drug-likeness (QED) is 0.768. The first-order valence-electron chi connectivity index (χ1n) is 7.06. The monoisotopic (exact) mass is 240 g/mol. The Hall–Kier alpha value is -0.120. The summed E-state index contributed by atoms with van der Waals surface area (Å²) >= 11 is 0. The van der Waals surface area contributed by atoms with Crippen LogP contribution in [0.5, 0.6) is 0 Å². The van der Waals surface area contributed by atoms with E-state index in [-0.39, 0.29) is 6.10 Å². The summed E-state index contributed by atoms with van der Waals surface area (Å²) in [7, 11) is 0. The van der Waals surface area contributed by atoms with E-state index >= 15 is 0 Å². The van der Waals surface area contributed by atoms with Crippen molar-refractivity contribution < 1.29 is 5.11 Å². The van der Waals surface area contributed by atoms with Crippen molar-refractivity contribution in [2.24, 2.45) is 23.0 Å². The summed E-state index contributed by atoms with van der Waals surface area (Å²) in [5, 5.41) is 9.92. The van der Waals surface area contributed by atoms with Crippen LogP contribution in [0.25, 0.3) is 0 Å². The molecule has 3 N–H and O–H groups in total. The van der Waals surface area contributed by atoms with E-state index in [1.54, 1.807) is 0 Å². The van der Waals surface area contributed by atoms with Gasteiger partial charge in [-0.15, -0.1) is 0 Å². The number of β-amino-alcohol motifs (C(OH)–C–C–N with tert-alkyl or cyclic N) is 1. The fourth-order valence-corrected chi connectivity index (χ4v) is 3.36. The van der Waals surface area contributed by atoms with Gasteiger partial charge in [0.05, 0.1) is 6.10 Å². The van der Waals surface area contributed by atoms with E-state index in [1.165, 1.54) is 12.8 Å². The lowest BCUT2D eigenvalue weighted by atomic mass is 9.85. The minimum Gasteiger partial charge on any atom is -0.392 e. The molecule has 1 aliphatic carbocycles. The smallest absolute Gasteiger partial charge is 0.0693 e. The molecule has 1 saturated heterocycles. The Morgan fingerprint density at radius 3 is 2.59 bits per heavy atom. The van der Waals surface area contributed by atoms with Crippen LogP contribution < -0.4 is 5.73 Å². The van der Waals surface area contributed by atoms with E-state index in [0.29, 0.717) is 23.3 Å². The lowest BCUT2D eigenvalue weighted by Gasteiger charge is -2.37. The molecule has 0 aromatic rings. The van der Waals surface area contributed by atoms with E-state index < -0.39 is 0 Å². The molecule has 2 fully saturated rings. The van der Waals surface area contributed by atoms with Crippen molar-refractivity contribution in [1.82, 2.24) is 4.90 Å². The Balaban J connectivity index is 1.86. The van der Waals surface area contributed by atoms with Gasteiger partial charge >= 0.3 is 0 Å². The maximum absolute atomic E-state index is 9.92. The van der Waals surface area contributed by atoms with Gasteiger partial charge in [-0.2, -0.15) is 0 Å². The molecule has 4 unspecified atom stereocenters. The minimum absolute atomic E-state index is 0.144. The number of rotatable bonds is 2. The zero-order chi connectivity index (χ0) is 12.6. The topological polar surface area (TPSA) is 49.5 Å². The molecule has 3 nitrogen and oxygen atoms in total. The highest BCUT2D eigenvalue weighted by molar-refractivity contribution is 4.95. The highest BCUT2D eigenvalue weighted by Crippen LogP contribution is 2.40. The number of aliphatic hydroxyl groups excluding tert-OH is 1. The predicted octanol–water partition coefficient (Wildman–Crippen LogP) is 1.45. The number of piperidine rings is 1. The second-order valence-electron chi connectivity index (χ2n) is 6.91. The van der Waals surface area contributed by atoms with Gasteiger partial charge in [0.25, 0.3) is 0 Å². The van der Waals surface area contributed by atoms with Crippen molar-refractivity contribution in [3.8, 4) is 0 Å². The Kier molecular flexibility index (Phi) is 3.81. The molecule has 2 aliphatic rings. The Morgan fingerprint density at radius 2 is 2.06 bits per heavy atom. The van der Waals surface area contributed by atoms with Gasteiger partial charge in [0, 0.05) is 19.1 Å². The molecule has 1 heterocycles. The van der Waals surface area contributed by atoms with Crippen molar-refractivity contribution in [3.63, 3.8) is 0 Å². The normalized spacial score (nSPS) is 42.9. The van der Waals surface area contributed by atoms with Crippen LogP contribution in [-0.4, -0.2) is 41.8 Å². The van der Waals surface area contributed by atoms with Gasteiger partial charge in [-0.3, -0.25) is 0 Å². The van der Waals surface area contributed by atoms with Crippen molar-refractivity contribution >= 4 is 0 Å². The molecule has 100 valence electrons. The number of nitrogens with zero attached hydrogens (tertiary/aromatic N) is 1. The van der Waals surface area contributed by atoms with Gasteiger partial charge < -0.3 is 15.7 Å². The van der Waals surface area contributed by atoms with Crippen LogP contribution in [0.4, 0.5) is 0 Å². The third-order valence-corrected chi connectivity index (χ3v) is 5.07. The van der Waals surface area contributed by atoms with Crippen LogP contribution >= 0.6 is 0 Å². The molecule has 1 saturated carbocycles. The third-order valence-electron chi connectivity index (χ3n) is 5.07. The van der Waals surface area contributed by atoms with Gasteiger partial charge in [0.2, 0.25) is 0 Å². The SMILES string of the molecule is CC1CCN(CC2CCC(C)(C)C2N)CC1O. The molecule has 1 aliphatic heterocycles. The number of aliphatic hydroxyl groups is 1. The molecule has 3 heteroatoms. The molecule has 0 bridgehead atoms. The number of likely N-dealkylation sites (tertiary alicyclic amines) is 1. The summed E-state index contributed by atoms with van der Waals surface area (Å²) in [6.07, 6.45) is 3.46. The van der Waals surface area contributed by atoms with Gasteiger partial charge in [0.1, 0.15) is 0 Å². The van der Waals surface area contributed by atoms with Crippen LogP contribution in [0, 0.1) is 17.3 Å². The number of nitrogens with two attached hydrogens (primary N) is 1. The fourth-order valence-electron chi connectivity index (χ4n) is 3.36. The van der Waals surface area contributed by atoms with Gasteiger partial charge in [-0.25, -0.2) is 0 Å². The fraction of sp³-hybridized carbons (Fsp3) is 1.00. The van der Waals surface area contributed by atoms with Crippen LogP contribution in [-0.2, 0) is 0 Å². The lowest BCUT2D eigenvalue weighted by molar-refractivity contribution is 0.0214. The minimum atomic E-state index is -0.144. The standard InChI is InChI=1S/C14H28N2O/c1-10-5-7-16(9-12(10)17)8-11-4-6-14(2,3)13(11)15/h10-13,17H,4-9,15H2,1-3H3. The highest BCUT2D eigenvalue weighted by atomic mass is 16.3. The summed E-state index contributed by atoms with van der Waals surface area (Å²) in [6, 6.07) is 0.319. The van der Waals surface area contributed by atoms with E-state index in [0.717, 1.165) is 26.1 Å². The Labute approximate surface area is 105 Å². The van der Waals surface area contributed by atoms with Gasteiger partial charge in [-0.05, 0) is 43.1 Å². The summed E-state index contributed by atoms with van der Waals surface area (Å²) < 4.78 is 0. The summed E-state index contributed by atoms with van der Waals surface area (Å²) in [6.45, 7) is 9.75. The second-order valence-corrected chi connectivity index (χ2v) is 6.91. The van der Waals surface area contributed by atoms with Crippen LogP contribution in [0.15, 0.2) is 0 Å². The van der Waals surface area contributed by atoms with Crippen molar-refractivity contribution in [3.05, 3.63) is 0 Å². The molecular weight excluding hydrogens is 212 g/mol. The van der Waals surface area contributed by atoms with Crippen LogP contribution in [0.1, 0.15) is 40.0 Å². The largest absolute Gasteiger partial charge is 0.392 e. The molecule has 0 aromatic heterocycles. The van der Waals surface area contributed by atoms with E-state index in [2.05, 4.69) is 25.7 Å². The van der Waals surface area contributed by atoms with Gasteiger partial charge in [-0.1, -0.05) is 20.8 Å². The van der Waals surface area contributed by atoms with Crippen molar-refractivity contribution in [2.75, 3.05) is 19.6 Å². The molecule has 4 atom stereocenters. The summed E-state index contributed by atoms with van der Waals surface area (Å²) in [4.78, 5) is 2.41. The molecule has 17 heavy (non-hydrogen) atoms. The zero-order valence-corrected chi connectivity index (χ0v) is 11.5. The summed E-state index contributed by atoms with van der Waals surface area (Å²) in [5.74, 6) is 1.07. The Bertz CT molecular complexity index is 267. The third kappa shape index (κ3) is 2.83.